The largest absolute Gasteiger partial charge is 0.573 e. The Morgan fingerprint density at radius 1 is 1.03 bits per heavy atom. The summed E-state index contributed by atoms with van der Waals surface area (Å²) in [5.74, 6) is 0.225. The standard InChI is InChI=1S/C21H19F4N3O/c22-18-7-2-1-5-14(18)13-19-17-6-3-4-12-26-20(17)28(27-19)15-8-10-16(11-9-15)29-21(23,24)25/h1-2,5,7-11,26H,3-4,6,12-13H2. The van der Waals surface area contributed by atoms with Crippen molar-refractivity contribution >= 4 is 5.82 Å². The van der Waals surface area contributed by atoms with Crippen LogP contribution in [-0.2, 0) is 12.8 Å². The summed E-state index contributed by atoms with van der Waals surface area (Å²) < 4.78 is 56.9. The van der Waals surface area contributed by atoms with Crippen LogP contribution in [0.5, 0.6) is 5.75 Å². The molecule has 0 saturated heterocycles. The third-order valence-electron chi connectivity index (χ3n) is 4.84. The summed E-state index contributed by atoms with van der Waals surface area (Å²) in [6.45, 7) is 0.771. The predicted octanol–water partition coefficient (Wildman–Crippen LogP) is 5.25. The van der Waals surface area contributed by atoms with Gasteiger partial charge in [0.25, 0.3) is 0 Å². The Kier molecular flexibility index (Phi) is 5.17. The fourth-order valence-electron chi connectivity index (χ4n) is 3.51. The van der Waals surface area contributed by atoms with Gasteiger partial charge in [-0.3, -0.25) is 0 Å². The lowest BCUT2D eigenvalue weighted by atomic mass is 10.0. The van der Waals surface area contributed by atoms with Gasteiger partial charge in [0.15, 0.2) is 0 Å². The minimum absolute atomic E-state index is 0.286. The second-order valence-corrected chi connectivity index (χ2v) is 6.88. The van der Waals surface area contributed by atoms with Crippen LogP contribution in [0.2, 0.25) is 0 Å². The van der Waals surface area contributed by atoms with Gasteiger partial charge in [-0.05, 0) is 55.2 Å². The summed E-state index contributed by atoms with van der Waals surface area (Å²) in [6, 6.07) is 12.1. The van der Waals surface area contributed by atoms with Crippen LogP contribution in [0, 0.1) is 5.82 Å². The molecule has 8 heteroatoms. The van der Waals surface area contributed by atoms with Crippen LogP contribution in [0.4, 0.5) is 23.4 Å². The van der Waals surface area contributed by atoms with Gasteiger partial charge < -0.3 is 10.1 Å². The number of fused-ring (bicyclic) bond motifs is 1. The molecule has 2 heterocycles. The first-order chi connectivity index (χ1) is 13.9. The Balaban J connectivity index is 1.70. The van der Waals surface area contributed by atoms with E-state index in [9.17, 15) is 17.6 Å². The van der Waals surface area contributed by atoms with E-state index in [2.05, 4.69) is 15.2 Å². The number of aromatic nitrogens is 2. The van der Waals surface area contributed by atoms with Gasteiger partial charge in [0.2, 0.25) is 0 Å². The number of nitrogens with zero attached hydrogens (tertiary/aromatic N) is 2. The van der Waals surface area contributed by atoms with E-state index in [0.29, 0.717) is 17.7 Å². The molecule has 1 aliphatic rings. The number of nitrogens with one attached hydrogen (secondary N) is 1. The molecule has 29 heavy (non-hydrogen) atoms. The fourth-order valence-corrected chi connectivity index (χ4v) is 3.51. The Hall–Kier alpha value is -3.03. The van der Waals surface area contributed by atoms with Gasteiger partial charge in [0.1, 0.15) is 17.4 Å². The number of halogens is 4. The summed E-state index contributed by atoms with van der Waals surface area (Å²) in [5, 5.41) is 8.03. The molecule has 2 aromatic carbocycles. The van der Waals surface area contributed by atoms with Gasteiger partial charge in [-0.2, -0.15) is 5.10 Å². The van der Waals surface area contributed by atoms with Crippen LogP contribution in [0.3, 0.4) is 0 Å². The van der Waals surface area contributed by atoms with E-state index in [1.54, 1.807) is 22.9 Å². The van der Waals surface area contributed by atoms with Crippen LogP contribution < -0.4 is 10.1 Å². The van der Waals surface area contributed by atoms with Crippen LogP contribution in [0.1, 0.15) is 29.7 Å². The highest BCUT2D eigenvalue weighted by atomic mass is 19.4. The molecule has 1 aliphatic heterocycles. The quantitative estimate of drug-likeness (QED) is 0.603. The van der Waals surface area contributed by atoms with Crippen molar-refractivity contribution in [1.82, 2.24) is 9.78 Å². The minimum atomic E-state index is -4.74. The molecule has 0 saturated carbocycles. The van der Waals surface area contributed by atoms with Gasteiger partial charge in [-0.1, -0.05) is 18.2 Å². The maximum absolute atomic E-state index is 14.1. The number of hydrogen-bond donors (Lipinski definition) is 1. The lowest BCUT2D eigenvalue weighted by molar-refractivity contribution is -0.274. The van der Waals surface area contributed by atoms with Crippen molar-refractivity contribution in [3.05, 3.63) is 71.2 Å². The summed E-state index contributed by atoms with van der Waals surface area (Å²) >= 11 is 0. The summed E-state index contributed by atoms with van der Waals surface area (Å²) in [5.41, 5.74) is 2.93. The lowest BCUT2D eigenvalue weighted by Crippen LogP contribution is -2.17. The summed E-state index contributed by atoms with van der Waals surface area (Å²) in [4.78, 5) is 0. The summed E-state index contributed by atoms with van der Waals surface area (Å²) in [6.07, 6.45) is -1.61. The van der Waals surface area contributed by atoms with Gasteiger partial charge in [0, 0.05) is 18.5 Å². The molecule has 4 rings (SSSR count). The van der Waals surface area contributed by atoms with Crippen LogP contribution in [0.25, 0.3) is 5.69 Å². The first kappa shape index (κ1) is 19.3. The molecular weight excluding hydrogens is 386 g/mol. The number of alkyl halides is 3. The SMILES string of the molecule is Fc1ccccc1Cc1nn(-c2ccc(OC(F)(F)F)cc2)c2c1CCCCN2. The monoisotopic (exact) mass is 405 g/mol. The van der Waals surface area contributed by atoms with E-state index in [4.69, 9.17) is 0 Å². The molecule has 152 valence electrons. The number of hydrogen-bond acceptors (Lipinski definition) is 3. The molecule has 0 aliphatic carbocycles. The predicted molar refractivity (Wildman–Crippen MR) is 101 cm³/mol. The van der Waals surface area contributed by atoms with Crippen molar-refractivity contribution < 1.29 is 22.3 Å². The normalized spacial score (nSPS) is 14.1. The van der Waals surface area contributed by atoms with Gasteiger partial charge in [0.05, 0.1) is 11.4 Å². The van der Waals surface area contributed by atoms with Crippen molar-refractivity contribution in [2.24, 2.45) is 0 Å². The molecule has 0 fully saturated rings. The van der Waals surface area contributed by atoms with Crippen molar-refractivity contribution in [2.45, 2.75) is 32.0 Å². The first-order valence-electron chi connectivity index (χ1n) is 9.35. The maximum Gasteiger partial charge on any atom is 0.573 e. The molecule has 0 atom stereocenters. The van der Waals surface area contributed by atoms with Gasteiger partial charge in [-0.15, -0.1) is 13.2 Å². The lowest BCUT2D eigenvalue weighted by Gasteiger charge is -2.11. The molecule has 0 radical (unpaired) electrons. The van der Waals surface area contributed by atoms with Crippen LogP contribution in [0.15, 0.2) is 48.5 Å². The van der Waals surface area contributed by atoms with Gasteiger partial charge in [-0.25, -0.2) is 9.07 Å². The average Bonchev–Trinajstić information content (AvgIpc) is 2.85. The van der Waals surface area contributed by atoms with Crippen molar-refractivity contribution in [3.8, 4) is 11.4 Å². The van der Waals surface area contributed by atoms with E-state index in [1.807, 2.05) is 0 Å². The fraction of sp³-hybridized carbons (Fsp3) is 0.286. The molecule has 1 N–H and O–H groups in total. The molecule has 0 unspecified atom stereocenters. The van der Waals surface area contributed by atoms with E-state index >= 15 is 0 Å². The third-order valence-corrected chi connectivity index (χ3v) is 4.84. The Labute approximate surface area is 165 Å². The average molecular weight is 405 g/mol. The molecule has 0 spiro atoms. The van der Waals surface area contributed by atoms with Crippen LogP contribution >= 0.6 is 0 Å². The molecule has 0 bridgehead atoms. The molecular formula is C21H19F4N3O. The molecule has 0 amide bonds. The Morgan fingerprint density at radius 3 is 2.52 bits per heavy atom. The van der Waals surface area contributed by atoms with Crippen molar-refractivity contribution in [2.75, 3.05) is 11.9 Å². The van der Waals surface area contributed by atoms with E-state index in [0.717, 1.165) is 42.9 Å². The smallest absolute Gasteiger partial charge is 0.406 e. The molecule has 4 nitrogen and oxygen atoms in total. The number of anilines is 1. The second kappa shape index (κ2) is 7.77. The van der Waals surface area contributed by atoms with E-state index < -0.39 is 6.36 Å². The zero-order chi connectivity index (χ0) is 20.4. The van der Waals surface area contributed by atoms with Gasteiger partial charge >= 0.3 is 6.36 Å². The van der Waals surface area contributed by atoms with E-state index in [1.165, 1.54) is 30.3 Å². The van der Waals surface area contributed by atoms with Crippen molar-refractivity contribution in [1.29, 1.82) is 0 Å². The number of rotatable bonds is 4. The maximum atomic E-state index is 14.1. The highest BCUT2D eigenvalue weighted by Crippen LogP contribution is 2.31. The third kappa shape index (κ3) is 4.36. The molecule has 1 aromatic heterocycles. The number of benzene rings is 2. The highest BCUT2D eigenvalue weighted by Gasteiger charge is 2.31. The number of ether oxygens (including phenoxy) is 1. The highest BCUT2D eigenvalue weighted by molar-refractivity contribution is 5.55. The topological polar surface area (TPSA) is 39.1 Å². The van der Waals surface area contributed by atoms with E-state index in [-0.39, 0.29) is 11.6 Å². The molecule has 3 aromatic rings. The van der Waals surface area contributed by atoms with Crippen molar-refractivity contribution in [3.63, 3.8) is 0 Å². The Morgan fingerprint density at radius 2 is 1.79 bits per heavy atom. The second-order valence-electron chi connectivity index (χ2n) is 6.88. The zero-order valence-electron chi connectivity index (χ0n) is 15.5. The minimum Gasteiger partial charge on any atom is -0.406 e. The van der Waals surface area contributed by atoms with Crippen LogP contribution in [-0.4, -0.2) is 22.7 Å². The summed E-state index contributed by atoms with van der Waals surface area (Å²) in [7, 11) is 0. The Bertz CT molecular complexity index is 996. The first-order valence-corrected chi connectivity index (χ1v) is 9.35. The zero-order valence-corrected chi connectivity index (χ0v) is 15.5.